The van der Waals surface area contributed by atoms with Crippen LogP contribution in [0.4, 0.5) is 5.13 Å². The molecule has 1 aliphatic rings. The van der Waals surface area contributed by atoms with Crippen molar-refractivity contribution in [3.8, 4) is 0 Å². The summed E-state index contributed by atoms with van der Waals surface area (Å²) in [7, 11) is 0. The zero-order valence-electron chi connectivity index (χ0n) is 10.8. The first kappa shape index (κ1) is 13.2. The number of thioether (sulfide) groups is 1. The van der Waals surface area contributed by atoms with Gasteiger partial charge in [-0.25, -0.2) is 4.98 Å². The largest absolute Gasteiger partial charge is 0.346 e. The lowest BCUT2D eigenvalue weighted by atomic mass is 10.3. The lowest BCUT2D eigenvalue weighted by Crippen LogP contribution is -2.36. The molecule has 0 amide bonds. The zero-order valence-corrected chi connectivity index (χ0v) is 12.4. The normalized spacial score (nSPS) is 22.8. The molecular formula is C12H21N3S2. The molecule has 1 aromatic rings. The van der Waals surface area contributed by atoms with Crippen molar-refractivity contribution >= 4 is 28.2 Å². The molecule has 3 nitrogen and oxygen atoms in total. The van der Waals surface area contributed by atoms with Crippen molar-refractivity contribution < 1.29 is 0 Å². The summed E-state index contributed by atoms with van der Waals surface area (Å²) in [5.41, 5.74) is 0. The van der Waals surface area contributed by atoms with Gasteiger partial charge in [0.25, 0.3) is 0 Å². The van der Waals surface area contributed by atoms with Gasteiger partial charge in [0.1, 0.15) is 0 Å². The van der Waals surface area contributed by atoms with Crippen molar-refractivity contribution in [1.82, 2.24) is 10.3 Å². The highest BCUT2D eigenvalue weighted by Crippen LogP contribution is 2.30. The number of nitrogens with zero attached hydrogens (tertiary/aromatic N) is 2. The van der Waals surface area contributed by atoms with E-state index in [1.807, 2.05) is 17.5 Å². The average molecular weight is 271 g/mol. The maximum atomic E-state index is 4.57. The summed E-state index contributed by atoms with van der Waals surface area (Å²) < 4.78 is 0. The summed E-state index contributed by atoms with van der Waals surface area (Å²) >= 11 is 3.89. The number of anilines is 1. The molecule has 1 aliphatic heterocycles. The predicted octanol–water partition coefficient (Wildman–Crippen LogP) is 2.76. The van der Waals surface area contributed by atoms with Crippen LogP contribution >= 0.6 is 23.1 Å². The summed E-state index contributed by atoms with van der Waals surface area (Å²) in [6.07, 6.45) is 2.03. The van der Waals surface area contributed by atoms with E-state index in [-0.39, 0.29) is 0 Å². The van der Waals surface area contributed by atoms with Gasteiger partial charge in [-0.1, -0.05) is 13.8 Å². The number of aromatic nitrogens is 1. The zero-order chi connectivity index (χ0) is 12.3. The van der Waals surface area contributed by atoms with E-state index in [1.165, 1.54) is 15.8 Å². The molecule has 96 valence electrons. The Bertz CT molecular complexity index is 353. The van der Waals surface area contributed by atoms with E-state index >= 15 is 0 Å². The first-order valence-corrected chi connectivity index (χ1v) is 8.13. The van der Waals surface area contributed by atoms with Crippen LogP contribution in [0.3, 0.4) is 0 Å². The Labute approximate surface area is 112 Å². The van der Waals surface area contributed by atoms with E-state index in [0.717, 1.165) is 24.9 Å². The second-order valence-corrected chi connectivity index (χ2v) is 7.04. The Hall–Kier alpha value is -0.260. The van der Waals surface area contributed by atoms with Crippen LogP contribution in [-0.2, 0) is 0 Å². The van der Waals surface area contributed by atoms with Crippen LogP contribution in [0.2, 0.25) is 0 Å². The van der Waals surface area contributed by atoms with Gasteiger partial charge in [0, 0.05) is 41.2 Å². The molecule has 1 fully saturated rings. The van der Waals surface area contributed by atoms with Gasteiger partial charge < -0.3 is 10.2 Å². The minimum absolute atomic E-state index is 0.419. The third-order valence-corrected chi connectivity index (χ3v) is 5.34. The minimum Gasteiger partial charge on any atom is -0.346 e. The fourth-order valence-electron chi connectivity index (χ4n) is 2.02. The van der Waals surface area contributed by atoms with Gasteiger partial charge in [-0.3, -0.25) is 0 Å². The predicted molar refractivity (Wildman–Crippen MR) is 78.3 cm³/mol. The molecule has 1 N–H and O–H groups in total. The monoisotopic (exact) mass is 271 g/mol. The summed E-state index contributed by atoms with van der Waals surface area (Å²) in [5, 5.41) is 5.35. The molecule has 0 saturated carbocycles. The highest BCUT2D eigenvalue weighted by molar-refractivity contribution is 8.00. The van der Waals surface area contributed by atoms with Gasteiger partial charge in [0.15, 0.2) is 5.13 Å². The molecule has 17 heavy (non-hydrogen) atoms. The van der Waals surface area contributed by atoms with Crippen LogP contribution in [0.25, 0.3) is 0 Å². The molecule has 2 unspecified atom stereocenters. The molecule has 0 aliphatic carbocycles. The van der Waals surface area contributed by atoms with Gasteiger partial charge in [-0.2, -0.15) is 11.8 Å². The number of nitrogens with one attached hydrogen (secondary N) is 1. The van der Waals surface area contributed by atoms with Gasteiger partial charge in [0.2, 0.25) is 0 Å². The molecule has 5 heteroatoms. The maximum absolute atomic E-state index is 4.57. The van der Waals surface area contributed by atoms with E-state index in [0.29, 0.717) is 6.04 Å². The van der Waals surface area contributed by atoms with E-state index in [2.05, 4.69) is 47.7 Å². The van der Waals surface area contributed by atoms with Crippen LogP contribution in [-0.4, -0.2) is 35.6 Å². The number of hydrogen-bond acceptors (Lipinski definition) is 5. The Balaban J connectivity index is 2.02. The van der Waals surface area contributed by atoms with Crippen molar-refractivity contribution in [2.45, 2.75) is 32.1 Å². The molecular weight excluding hydrogens is 250 g/mol. The maximum Gasteiger partial charge on any atom is 0.185 e. The van der Waals surface area contributed by atoms with E-state index in [1.54, 1.807) is 0 Å². The molecule has 0 aromatic carbocycles. The third-order valence-electron chi connectivity index (χ3n) is 2.96. The Kier molecular flexibility index (Phi) is 4.70. The van der Waals surface area contributed by atoms with Crippen molar-refractivity contribution in [1.29, 1.82) is 0 Å². The van der Waals surface area contributed by atoms with Crippen LogP contribution in [0.15, 0.2) is 6.20 Å². The highest BCUT2D eigenvalue weighted by Gasteiger charge is 2.20. The average Bonchev–Trinajstić information content (AvgIpc) is 2.78. The molecule has 2 rings (SSSR count). The molecule has 1 saturated heterocycles. The molecule has 2 heterocycles. The summed E-state index contributed by atoms with van der Waals surface area (Å²) in [4.78, 5) is 8.34. The number of thiazole rings is 1. The molecule has 2 atom stereocenters. The molecule has 0 radical (unpaired) electrons. The lowest BCUT2D eigenvalue weighted by Gasteiger charge is -2.30. The summed E-state index contributed by atoms with van der Waals surface area (Å²) in [6.45, 7) is 9.92. The Morgan fingerprint density at radius 2 is 2.47 bits per heavy atom. The van der Waals surface area contributed by atoms with Gasteiger partial charge in [0.05, 0.1) is 0 Å². The summed E-state index contributed by atoms with van der Waals surface area (Å²) in [5.74, 6) is 1.22. The summed E-state index contributed by atoms with van der Waals surface area (Å²) in [6, 6.07) is 0.419. The van der Waals surface area contributed by atoms with Crippen LogP contribution in [0.5, 0.6) is 0 Å². The van der Waals surface area contributed by atoms with Crippen LogP contribution in [0.1, 0.15) is 31.7 Å². The van der Waals surface area contributed by atoms with E-state index in [4.69, 9.17) is 0 Å². The van der Waals surface area contributed by atoms with Gasteiger partial charge in [-0.05, 0) is 13.5 Å². The fraction of sp³-hybridized carbons (Fsp3) is 0.750. The van der Waals surface area contributed by atoms with Crippen LogP contribution in [0, 0.1) is 0 Å². The highest BCUT2D eigenvalue weighted by atomic mass is 32.2. The first-order chi connectivity index (χ1) is 8.20. The lowest BCUT2D eigenvalue weighted by molar-refractivity contribution is 0.606. The Morgan fingerprint density at radius 3 is 3.18 bits per heavy atom. The Morgan fingerprint density at radius 1 is 1.65 bits per heavy atom. The molecule has 0 bridgehead atoms. The van der Waals surface area contributed by atoms with E-state index < -0.39 is 0 Å². The third kappa shape index (κ3) is 3.36. The topological polar surface area (TPSA) is 28.2 Å². The SMILES string of the molecule is CCNC(C)c1cnc(N2CCSC(C)C2)s1. The van der Waals surface area contributed by atoms with Gasteiger partial charge in [-0.15, -0.1) is 11.3 Å². The molecule has 0 spiro atoms. The second-order valence-electron chi connectivity index (χ2n) is 4.45. The quantitative estimate of drug-likeness (QED) is 0.911. The minimum atomic E-state index is 0.419. The second kappa shape index (κ2) is 6.07. The first-order valence-electron chi connectivity index (χ1n) is 6.26. The van der Waals surface area contributed by atoms with E-state index in [9.17, 15) is 0 Å². The molecule has 1 aromatic heterocycles. The van der Waals surface area contributed by atoms with Crippen molar-refractivity contribution in [3.63, 3.8) is 0 Å². The van der Waals surface area contributed by atoms with Crippen molar-refractivity contribution in [2.75, 3.05) is 30.3 Å². The van der Waals surface area contributed by atoms with Crippen LogP contribution < -0.4 is 10.2 Å². The fourth-order valence-corrected chi connectivity index (χ4v) is 4.01. The number of rotatable bonds is 4. The van der Waals surface area contributed by atoms with Crippen molar-refractivity contribution in [3.05, 3.63) is 11.1 Å². The van der Waals surface area contributed by atoms with Gasteiger partial charge >= 0.3 is 0 Å². The standard InChI is InChI=1S/C12H21N3S2/c1-4-13-10(3)11-7-14-12(17-11)15-5-6-16-9(2)8-15/h7,9-10,13H,4-6,8H2,1-3H3. The number of hydrogen-bond donors (Lipinski definition) is 1. The van der Waals surface area contributed by atoms with Crippen molar-refractivity contribution in [2.24, 2.45) is 0 Å². The smallest absolute Gasteiger partial charge is 0.185 e.